The number of carboxylic acids is 1. The maximum Gasteiger partial charge on any atom is 0.315 e. The lowest BCUT2D eigenvalue weighted by molar-refractivity contribution is -0.137. The first kappa shape index (κ1) is 15.8. The average Bonchev–Trinajstić information content (AvgIpc) is 2.29. The minimum Gasteiger partial charge on any atom is -0.481 e. The second-order valence-electron chi connectivity index (χ2n) is 5.93. The molecule has 0 aromatic heterocycles. The highest BCUT2D eigenvalue weighted by molar-refractivity contribution is 5.75. The predicted octanol–water partition coefficient (Wildman–Crippen LogP) is 1.20. The second kappa shape index (κ2) is 6.75. The number of aliphatic carboxylic acids is 1. The van der Waals surface area contributed by atoms with Crippen LogP contribution in [0, 0.1) is 0 Å². The van der Waals surface area contributed by atoms with Gasteiger partial charge in [0.2, 0.25) is 0 Å². The molecule has 6 nitrogen and oxygen atoms in total. The number of carboxylic acid groups (broad SMARTS) is 1. The van der Waals surface area contributed by atoms with Crippen molar-refractivity contribution < 1.29 is 14.7 Å². The molecule has 0 bridgehead atoms. The molecule has 1 rings (SSSR count). The summed E-state index contributed by atoms with van der Waals surface area (Å²) in [6, 6.07) is -0.233. The summed E-state index contributed by atoms with van der Waals surface area (Å²) in [5.74, 6) is -0.857. The van der Waals surface area contributed by atoms with E-state index in [9.17, 15) is 9.59 Å². The topological polar surface area (TPSA) is 104 Å². The molecule has 0 aromatic carbocycles. The molecule has 19 heavy (non-hydrogen) atoms. The van der Waals surface area contributed by atoms with Crippen molar-refractivity contribution in [2.24, 2.45) is 5.73 Å². The van der Waals surface area contributed by atoms with Gasteiger partial charge in [-0.05, 0) is 33.1 Å². The van der Waals surface area contributed by atoms with Crippen LogP contribution in [0.1, 0.15) is 52.4 Å². The van der Waals surface area contributed by atoms with Crippen molar-refractivity contribution in [1.29, 1.82) is 0 Å². The van der Waals surface area contributed by atoms with Crippen LogP contribution in [0.15, 0.2) is 0 Å². The van der Waals surface area contributed by atoms with Gasteiger partial charge >= 0.3 is 12.0 Å². The molecular formula is C13H25N3O3. The normalized spacial score (nSPS) is 23.7. The molecule has 2 amide bonds. The van der Waals surface area contributed by atoms with E-state index in [0.29, 0.717) is 6.42 Å². The monoisotopic (exact) mass is 271 g/mol. The van der Waals surface area contributed by atoms with E-state index in [-0.39, 0.29) is 24.5 Å². The first-order valence-corrected chi connectivity index (χ1v) is 6.86. The van der Waals surface area contributed by atoms with E-state index in [4.69, 9.17) is 10.8 Å². The van der Waals surface area contributed by atoms with Gasteiger partial charge in [-0.3, -0.25) is 4.79 Å². The van der Waals surface area contributed by atoms with Crippen molar-refractivity contribution >= 4 is 12.0 Å². The van der Waals surface area contributed by atoms with Crippen LogP contribution in [-0.2, 0) is 4.79 Å². The van der Waals surface area contributed by atoms with Crippen LogP contribution < -0.4 is 16.4 Å². The van der Waals surface area contributed by atoms with Crippen molar-refractivity contribution in [3.63, 3.8) is 0 Å². The van der Waals surface area contributed by atoms with Crippen molar-refractivity contribution in [1.82, 2.24) is 10.6 Å². The van der Waals surface area contributed by atoms with E-state index in [1.807, 2.05) is 13.8 Å². The van der Waals surface area contributed by atoms with Crippen molar-refractivity contribution in [3.05, 3.63) is 0 Å². The van der Waals surface area contributed by atoms with Gasteiger partial charge < -0.3 is 21.5 Å². The summed E-state index contributed by atoms with van der Waals surface area (Å²) in [5, 5.41) is 14.4. The molecule has 6 heteroatoms. The number of hydrogen-bond donors (Lipinski definition) is 4. The third-order valence-corrected chi connectivity index (χ3v) is 3.55. The zero-order valence-electron chi connectivity index (χ0n) is 11.7. The Morgan fingerprint density at radius 1 is 1.32 bits per heavy atom. The Morgan fingerprint density at radius 3 is 2.53 bits per heavy atom. The Bertz CT molecular complexity index is 331. The molecule has 1 fully saturated rings. The Kier molecular flexibility index (Phi) is 5.60. The smallest absolute Gasteiger partial charge is 0.315 e. The SMILES string of the molecule is CC(C)(CCC(=O)O)NC(=O)NC1CCCCC1N. The largest absolute Gasteiger partial charge is 0.481 e. The standard InChI is InChI=1S/C13H25N3O3/c1-13(2,8-7-11(17)18)16-12(19)15-10-6-4-3-5-9(10)14/h9-10H,3-8,14H2,1-2H3,(H,17,18)(H2,15,16,19). The number of rotatable bonds is 5. The maximum absolute atomic E-state index is 11.9. The maximum atomic E-state index is 11.9. The van der Waals surface area contributed by atoms with Crippen molar-refractivity contribution in [2.45, 2.75) is 70.0 Å². The molecule has 1 aliphatic rings. The fraction of sp³-hybridized carbons (Fsp3) is 0.846. The summed E-state index contributed by atoms with van der Waals surface area (Å²) >= 11 is 0. The Labute approximate surface area is 114 Å². The van der Waals surface area contributed by atoms with Crippen LogP contribution in [0.3, 0.4) is 0 Å². The molecule has 1 saturated carbocycles. The van der Waals surface area contributed by atoms with E-state index in [1.165, 1.54) is 0 Å². The van der Waals surface area contributed by atoms with Crippen LogP contribution in [0.5, 0.6) is 0 Å². The number of hydrogen-bond acceptors (Lipinski definition) is 3. The van der Waals surface area contributed by atoms with E-state index in [2.05, 4.69) is 10.6 Å². The molecule has 0 aromatic rings. The molecule has 0 aliphatic heterocycles. The van der Waals surface area contributed by atoms with Gasteiger partial charge in [-0.25, -0.2) is 4.79 Å². The summed E-state index contributed by atoms with van der Waals surface area (Å²) in [5.41, 5.74) is 5.43. The summed E-state index contributed by atoms with van der Waals surface area (Å²) in [6.45, 7) is 3.63. The zero-order valence-corrected chi connectivity index (χ0v) is 11.7. The van der Waals surface area contributed by atoms with Crippen LogP contribution >= 0.6 is 0 Å². The van der Waals surface area contributed by atoms with Gasteiger partial charge in [0, 0.05) is 24.0 Å². The number of carbonyl (C=O) groups is 2. The van der Waals surface area contributed by atoms with Gasteiger partial charge in [0.1, 0.15) is 0 Å². The van der Waals surface area contributed by atoms with Crippen LogP contribution in [0.2, 0.25) is 0 Å². The zero-order chi connectivity index (χ0) is 14.5. The third-order valence-electron chi connectivity index (χ3n) is 3.55. The molecule has 2 unspecified atom stereocenters. The van der Waals surface area contributed by atoms with Crippen molar-refractivity contribution in [3.8, 4) is 0 Å². The summed E-state index contributed by atoms with van der Waals surface area (Å²) in [6.07, 6.45) is 4.48. The quantitative estimate of drug-likeness (QED) is 0.603. The van der Waals surface area contributed by atoms with Crippen LogP contribution in [-0.4, -0.2) is 34.7 Å². The Morgan fingerprint density at radius 2 is 1.95 bits per heavy atom. The van der Waals surface area contributed by atoms with E-state index in [1.54, 1.807) is 0 Å². The Balaban J connectivity index is 2.38. The second-order valence-corrected chi connectivity index (χ2v) is 5.93. The van der Waals surface area contributed by atoms with E-state index < -0.39 is 11.5 Å². The fourth-order valence-electron chi connectivity index (χ4n) is 2.33. The van der Waals surface area contributed by atoms with Gasteiger partial charge in [0.05, 0.1) is 0 Å². The van der Waals surface area contributed by atoms with Gasteiger partial charge in [0.25, 0.3) is 0 Å². The molecular weight excluding hydrogens is 246 g/mol. The third kappa shape index (κ3) is 5.92. The Hall–Kier alpha value is -1.30. The first-order chi connectivity index (χ1) is 8.80. The number of nitrogens with two attached hydrogens (primary N) is 1. The summed E-state index contributed by atoms with van der Waals surface area (Å²) in [7, 11) is 0. The summed E-state index contributed by atoms with van der Waals surface area (Å²) in [4.78, 5) is 22.4. The lowest BCUT2D eigenvalue weighted by atomic mass is 9.91. The highest BCUT2D eigenvalue weighted by atomic mass is 16.4. The van der Waals surface area contributed by atoms with Gasteiger partial charge in [0.15, 0.2) is 0 Å². The molecule has 0 heterocycles. The average molecular weight is 271 g/mol. The molecule has 0 radical (unpaired) electrons. The van der Waals surface area contributed by atoms with E-state index >= 15 is 0 Å². The minimum atomic E-state index is -0.857. The van der Waals surface area contributed by atoms with Crippen molar-refractivity contribution in [2.75, 3.05) is 0 Å². The first-order valence-electron chi connectivity index (χ1n) is 6.86. The molecule has 5 N–H and O–H groups in total. The van der Waals surface area contributed by atoms with E-state index in [0.717, 1.165) is 25.7 Å². The number of urea groups is 1. The number of carbonyl (C=O) groups excluding carboxylic acids is 1. The molecule has 110 valence electrons. The fourth-order valence-corrected chi connectivity index (χ4v) is 2.33. The molecule has 1 aliphatic carbocycles. The van der Waals surface area contributed by atoms with Gasteiger partial charge in [-0.1, -0.05) is 12.8 Å². The molecule has 2 atom stereocenters. The van der Waals surface area contributed by atoms with Crippen LogP contribution in [0.4, 0.5) is 4.79 Å². The minimum absolute atomic E-state index is 0.0154. The molecule has 0 saturated heterocycles. The lowest BCUT2D eigenvalue weighted by Crippen LogP contribution is -2.56. The van der Waals surface area contributed by atoms with Gasteiger partial charge in [-0.15, -0.1) is 0 Å². The predicted molar refractivity (Wildman–Crippen MR) is 72.8 cm³/mol. The number of nitrogens with one attached hydrogen (secondary N) is 2. The summed E-state index contributed by atoms with van der Waals surface area (Å²) < 4.78 is 0. The van der Waals surface area contributed by atoms with Gasteiger partial charge in [-0.2, -0.15) is 0 Å². The molecule has 0 spiro atoms. The number of amides is 2. The van der Waals surface area contributed by atoms with Crippen LogP contribution in [0.25, 0.3) is 0 Å². The highest BCUT2D eigenvalue weighted by Gasteiger charge is 2.26. The highest BCUT2D eigenvalue weighted by Crippen LogP contribution is 2.17. The lowest BCUT2D eigenvalue weighted by Gasteiger charge is -2.32.